The Kier molecular flexibility index (Phi) is 6.38. The Bertz CT molecular complexity index is 953. The van der Waals surface area contributed by atoms with E-state index in [1.54, 1.807) is 0 Å². The van der Waals surface area contributed by atoms with E-state index in [1.165, 1.54) is 0 Å². The SMILES string of the molecule is O=C(Nc1cc(NC(=O)C2CCCCC2)cc(C(F)(F)F)c1)c1ccc(F)cc1F. The molecule has 1 aliphatic rings. The number of nitrogens with one attached hydrogen (secondary N) is 2. The van der Waals surface area contributed by atoms with Gasteiger partial charge in [0.05, 0.1) is 11.1 Å². The van der Waals surface area contributed by atoms with Crippen molar-refractivity contribution in [1.82, 2.24) is 0 Å². The van der Waals surface area contributed by atoms with Gasteiger partial charge in [-0.2, -0.15) is 13.2 Å². The topological polar surface area (TPSA) is 58.2 Å². The molecule has 1 fully saturated rings. The highest BCUT2D eigenvalue weighted by molar-refractivity contribution is 6.05. The van der Waals surface area contributed by atoms with Crippen LogP contribution >= 0.6 is 0 Å². The highest BCUT2D eigenvalue weighted by Gasteiger charge is 2.32. The predicted molar refractivity (Wildman–Crippen MR) is 101 cm³/mol. The van der Waals surface area contributed by atoms with Gasteiger partial charge in [-0.3, -0.25) is 9.59 Å². The Balaban J connectivity index is 1.85. The zero-order valence-corrected chi connectivity index (χ0v) is 15.8. The zero-order chi connectivity index (χ0) is 21.9. The Labute approximate surface area is 169 Å². The lowest BCUT2D eigenvalue weighted by Gasteiger charge is -2.21. The van der Waals surface area contributed by atoms with Crippen molar-refractivity contribution in [1.29, 1.82) is 0 Å². The van der Waals surface area contributed by atoms with Crippen molar-refractivity contribution in [3.8, 4) is 0 Å². The van der Waals surface area contributed by atoms with Crippen molar-refractivity contribution in [3.63, 3.8) is 0 Å². The first-order valence-electron chi connectivity index (χ1n) is 9.43. The van der Waals surface area contributed by atoms with E-state index >= 15 is 0 Å². The summed E-state index contributed by atoms with van der Waals surface area (Å²) < 4.78 is 66.6. The van der Waals surface area contributed by atoms with E-state index in [2.05, 4.69) is 10.6 Å². The number of amides is 2. The average molecular weight is 426 g/mol. The molecule has 2 aromatic rings. The van der Waals surface area contributed by atoms with Crippen molar-refractivity contribution in [2.24, 2.45) is 5.92 Å². The molecule has 1 saturated carbocycles. The molecule has 0 bridgehead atoms. The molecule has 0 unspecified atom stereocenters. The number of halogens is 5. The minimum atomic E-state index is -4.73. The first-order chi connectivity index (χ1) is 14.1. The van der Waals surface area contributed by atoms with Crippen LogP contribution in [0.15, 0.2) is 36.4 Å². The van der Waals surface area contributed by atoms with E-state index in [4.69, 9.17) is 0 Å². The molecule has 0 saturated heterocycles. The second-order valence-corrected chi connectivity index (χ2v) is 7.20. The predicted octanol–water partition coefficient (Wildman–Crippen LogP) is 5.75. The quantitative estimate of drug-likeness (QED) is 0.612. The molecule has 3 rings (SSSR count). The lowest BCUT2D eigenvalue weighted by molar-refractivity contribution is -0.137. The molecule has 0 radical (unpaired) electrons. The third-order valence-corrected chi connectivity index (χ3v) is 4.94. The molecule has 0 aromatic heterocycles. The molecule has 2 N–H and O–H groups in total. The summed E-state index contributed by atoms with van der Waals surface area (Å²) in [5, 5.41) is 4.65. The third-order valence-electron chi connectivity index (χ3n) is 4.94. The van der Waals surface area contributed by atoms with Gasteiger partial charge in [-0.1, -0.05) is 19.3 Å². The van der Waals surface area contributed by atoms with Crippen molar-refractivity contribution in [2.75, 3.05) is 10.6 Å². The summed E-state index contributed by atoms with van der Waals surface area (Å²) in [5.74, 6) is -3.74. The highest BCUT2D eigenvalue weighted by atomic mass is 19.4. The van der Waals surface area contributed by atoms with Crippen molar-refractivity contribution >= 4 is 23.2 Å². The van der Waals surface area contributed by atoms with Gasteiger partial charge in [-0.05, 0) is 43.2 Å². The molecule has 2 aromatic carbocycles. The molecule has 0 spiro atoms. The zero-order valence-electron chi connectivity index (χ0n) is 15.8. The Hall–Kier alpha value is -2.97. The summed E-state index contributed by atoms with van der Waals surface area (Å²) >= 11 is 0. The van der Waals surface area contributed by atoms with Gasteiger partial charge in [-0.25, -0.2) is 8.78 Å². The van der Waals surface area contributed by atoms with Gasteiger partial charge in [-0.15, -0.1) is 0 Å². The largest absolute Gasteiger partial charge is 0.416 e. The van der Waals surface area contributed by atoms with Crippen LogP contribution in [0.4, 0.5) is 33.3 Å². The van der Waals surface area contributed by atoms with E-state index in [9.17, 15) is 31.5 Å². The van der Waals surface area contributed by atoms with E-state index in [-0.39, 0.29) is 23.2 Å². The van der Waals surface area contributed by atoms with Crippen molar-refractivity contribution in [2.45, 2.75) is 38.3 Å². The van der Waals surface area contributed by atoms with Gasteiger partial charge in [0.1, 0.15) is 11.6 Å². The fraction of sp³-hybridized carbons (Fsp3) is 0.333. The lowest BCUT2D eigenvalue weighted by atomic mass is 9.88. The highest BCUT2D eigenvalue weighted by Crippen LogP contribution is 2.34. The fourth-order valence-corrected chi connectivity index (χ4v) is 3.42. The summed E-state index contributed by atoms with van der Waals surface area (Å²) in [6.45, 7) is 0. The van der Waals surface area contributed by atoms with Crippen LogP contribution in [0.25, 0.3) is 0 Å². The summed E-state index contributed by atoms with van der Waals surface area (Å²) in [7, 11) is 0. The number of benzene rings is 2. The summed E-state index contributed by atoms with van der Waals surface area (Å²) in [5.41, 5.74) is -2.02. The Morgan fingerprint density at radius 1 is 0.867 bits per heavy atom. The van der Waals surface area contributed by atoms with Crippen LogP contribution in [0.3, 0.4) is 0 Å². The molecule has 160 valence electrons. The smallest absolute Gasteiger partial charge is 0.326 e. The van der Waals surface area contributed by atoms with E-state index < -0.39 is 34.8 Å². The second-order valence-electron chi connectivity index (χ2n) is 7.20. The number of carbonyl (C=O) groups excluding carboxylic acids is 2. The van der Waals surface area contributed by atoms with Gasteiger partial charge in [0.15, 0.2) is 0 Å². The molecule has 4 nitrogen and oxygen atoms in total. The first kappa shape index (κ1) is 21.7. The molecular weight excluding hydrogens is 407 g/mol. The second kappa shape index (κ2) is 8.81. The lowest BCUT2D eigenvalue weighted by Crippen LogP contribution is -2.25. The van der Waals surface area contributed by atoms with Gasteiger partial charge in [0.2, 0.25) is 5.91 Å². The molecule has 0 atom stereocenters. The Morgan fingerprint density at radius 2 is 1.50 bits per heavy atom. The number of rotatable bonds is 4. The molecule has 1 aliphatic carbocycles. The maximum absolute atomic E-state index is 13.8. The average Bonchev–Trinajstić information content (AvgIpc) is 2.67. The van der Waals surface area contributed by atoms with Crippen LogP contribution in [0, 0.1) is 17.6 Å². The number of anilines is 2. The molecular formula is C21H19F5N2O2. The fourth-order valence-electron chi connectivity index (χ4n) is 3.42. The molecule has 0 heterocycles. The first-order valence-corrected chi connectivity index (χ1v) is 9.43. The number of alkyl halides is 3. The van der Waals surface area contributed by atoms with Crippen LogP contribution in [0.1, 0.15) is 48.0 Å². The normalized spacial score (nSPS) is 15.0. The minimum Gasteiger partial charge on any atom is -0.326 e. The summed E-state index contributed by atoms with van der Waals surface area (Å²) in [6.07, 6.45) is -0.622. The summed E-state index contributed by atoms with van der Waals surface area (Å²) in [6, 6.07) is 4.86. The maximum Gasteiger partial charge on any atom is 0.416 e. The number of carbonyl (C=O) groups is 2. The molecule has 0 aliphatic heterocycles. The van der Waals surface area contributed by atoms with E-state index in [1.807, 2.05) is 0 Å². The van der Waals surface area contributed by atoms with E-state index in [0.717, 1.165) is 43.5 Å². The van der Waals surface area contributed by atoms with Crippen molar-refractivity contribution < 1.29 is 31.5 Å². The van der Waals surface area contributed by atoms with Crippen LogP contribution in [-0.4, -0.2) is 11.8 Å². The monoisotopic (exact) mass is 426 g/mol. The number of hydrogen-bond donors (Lipinski definition) is 2. The van der Waals surface area contributed by atoms with Gasteiger partial charge < -0.3 is 10.6 Å². The standard InChI is InChI=1S/C21H19F5N2O2/c22-14-6-7-17(18(23)10-14)20(30)28-16-9-13(21(24,25)26)8-15(11-16)27-19(29)12-4-2-1-3-5-12/h6-12H,1-5H2,(H,27,29)(H,28,30). The maximum atomic E-state index is 13.8. The Morgan fingerprint density at radius 3 is 2.10 bits per heavy atom. The van der Waals surface area contributed by atoms with Crippen LogP contribution < -0.4 is 10.6 Å². The van der Waals surface area contributed by atoms with Crippen LogP contribution in [-0.2, 0) is 11.0 Å². The van der Waals surface area contributed by atoms with Gasteiger partial charge in [0, 0.05) is 23.4 Å². The van der Waals surface area contributed by atoms with Gasteiger partial charge >= 0.3 is 6.18 Å². The van der Waals surface area contributed by atoms with E-state index in [0.29, 0.717) is 25.0 Å². The van der Waals surface area contributed by atoms with Crippen LogP contribution in [0.5, 0.6) is 0 Å². The van der Waals surface area contributed by atoms with Gasteiger partial charge in [0.25, 0.3) is 5.91 Å². The molecule has 30 heavy (non-hydrogen) atoms. The summed E-state index contributed by atoms with van der Waals surface area (Å²) in [4.78, 5) is 24.6. The third kappa shape index (κ3) is 5.34. The minimum absolute atomic E-state index is 0.129. The molecule has 9 heteroatoms. The molecule has 2 amide bonds. The number of hydrogen-bond acceptors (Lipinski definition) is 2. The van der Waals surface area contributed by atoms with Crippen molar-refractivity contribution in [3.05, 3.63) is 59.2 Å². The van der Waals surface area contributed by atoms with Crippen LogP contribution in [0.2, 0.25) is 0 Å².